The fourth-order valence-corrected chi connectivity index (χ4v) is 4.20. The Kier molecular flexibility index (Phi) is 12.3. The molecule has 2 rings (SSSR count). The van der Waals surface area contributed by atoms with Gasteiger partial charge in [-0.05, 0) is 24.0 Å². The first kappa shape index (κ1) is 23.5. The number of benzene rings is 2. The average molecular weight is 395 g/mol. The van der Waals surface area contributed by atoms with Gasteiger partial charge in [0.05, 0.1) is 7.11 Å². The molecule has 1 heteroatoms. The van der Waals surface area contributed by atoms with Crippen molar-refractivity contribution in [3.8, 4) is 16.9 Å². The molecule has 29 heavy (non-hydrogen) atoms. The fourth-order valence-electron chi connectivity index (χ4n) is 4.20. The van der Waals surface area contributed by atoms with Gasteiger partial charge in [0, 0.05) is 5.56 Å². The smallest absolute Gasteiger partial charge is 0.129 e. The summed E-state index contributed by atoms with van der Waals surface area (Å²) < 4.78 is 5.79. The molecule has 0 spiro atoms. The van der Waals surface area contributed by atoms with Gasteiger partial charge in [0.2, 0.25) is 0 Å². The fraction of sp³-hybridized carbons (Fsp3) is 0.571. The summed E-state index contributed by atoms with van der Waals surface area (Å²) in [5.74, 6) is 1.05. The van der Waals surface area contributed by atoms with Gasteiger partial charge in [-0.25, -0.2) is 0 Å². The van der Waals surface area contributed by atoms with Gasteiger partial charge < -0.3 is 4.74 Å². The second kappa shape index (κ2) is 15.1. The number of unbranched alkanes of at least 4 members (excludes halogenated alkanes) is 12. The van der Waals surface area contributed by atoms with E-state index in [2.05, 4.69) is 55.5 Å². The predicted octanol–water partition coefficient (Wildman–Crippen LogP) is 9.00. The van der Waals surface area contributed by atoms with Crippen molar-refractivity contribution in [2.24, 2.45) is 0 Å². The second-order valence-electron chi connectivity index (χ2n) is 8.36. The molecule has 0 aliphatic rings. The van der Waals surface area contributed by atoms with Crippen LogP contribution < -0.4 is 4.74 Å². The maximum atomic E-state index is 5.79. The van der Waals surface area contributed by atoms with Crippen LogP contribution in [0.15, 0.2) is 48.5 Å². The molecule has 0 fully saturated rings. The molecule has 0 heterocycles. The number of methoxy groups -OCH3 is 1. The van der Waals surface area contributed by atoms with Crippen LogP contribution in [0.25, 0.3) is 11.1 Å². The van der Waals surface area contributed by atoms with Gasteiger partial charge in [-0.2, -0.15) is 0 Å². The van der Waals surface area contributed by atoms with Gasteiger partial charge in [0.1, 0.15) is 5.75 Å². The van der Waals surface area contributed by atoms with E-state index in [1.807, 2.05) is 0 Å². The highest BCUT2D eigenvalue weighted by Crippen LogP contribution is 2.33. The van der Waals surface area contributed by atoms with Crippen LogP contribution >= 0.6 is 0 Å². The van der Waals surface area contributed by atoms with Crippen molar-refractivity contribution in [3.05, 3.63) is 54.1 Å². The van der Waals surface area contributed by atoms with Gasteiger partial charge in [0.15, 0.2) is 0 Å². The Morgan fingerprint density at radius 1 is 0.586 bits per heavy atom. The molecule has 0 bridgehead atoms. The van der Waals surface area contributed by atoms with Gasteiger partial charge in [-0.15, -0.1) is 0 Å². The van der Waals surface area contributed by atoms with Gasteiger partial charge in [-0.3, -0.25) is 0 Å². The monoisotopic (exact) mass is 394 g/mol. The van der Waals surface area contributed by atoms with E-state index in [4.69, 9.17) is 4.74 Å². The maximum absolute atomic E-state index is 5.79. The van der Waals surface area contributed by atoms with Crippen molar-refractivity contribution in [1.29, 1.82) is 0 Å². The number of hydrogen-bond donors (Lipinski definition) is 0. The molecule has 0 radical (unpaired) electrons. The molecule has 0 aliphatic heterocycles. The Morgan fingerprint density at radius 2 is 1.14 bits per heavy atom. The summed E-state index contributed by atoms with van der Waals surface area (Å²) in [6.07, 6.45) is 19.3. The van der Waals surface area contributed by atoms with Gasteiger partial charge in [0.25, 0.3) is 0 Å². The van der Waals surface area contributed by atoms with Gasteiger partial charge in [-0.1, -0.05) is 133 Å². The molecule has 0 saturated carbocycles. The molecular formula is C28H42O. The first-order valence-corrected chi connectivity index (χ1v) is 12.1. The van der Waals surface area contributed by atoms with Crippen molar-refractivity contribution in [1.82, 2.24) is 0 Å². The normalized spacial score (nSPS) is 11.0. The lowest BCUT2D eigenvalue weighted by Crippen LogP contribution is -1.95. The van der Waals surface area contributed by atoms with Crippen molar-refractivity contribution in [3.63, 3.8) is 0 Å². The van der Waals surface area contributed by atoms with Crippen LogP contribution in [0, 0.1) is 0 Å². The molecule has 0 N–H and O–H groups in total. The van der Waals surface area contributed by atoms with E-state index in [0.29, 0.717) is 0 Å². The number of hydrogen-bond acceptors (Lipinski definition) is 1. The minimum atomic E-state index is 1.05. The summed E-state index contributed by atoms with van der Waals surface area (Å²) in [5.41, 5.74) is 3.79. The van der Waals surface area contributed by atoms with E-state index in [9.17, 15) is 0 Å². The zero-order valence-corrected chi connectivity index (χ0v) is 18.9. The Hall–Kier alpha value is -1.76. The highest BCUT2D eigenvalue weighted by Gasteiger charge is 2.10. The van der Waals surface area contributed by atoms with Crippen molar-refractivity contribution in [2.75, 3.05) is 7.11 Å². The summed E-state index contributed by atoms with van der Waals surface area (Å²) in [6, 6.07) is 17.1. The predicted molar refractivity (Wildman–Crippen MR) is 128 cm³/mol. The minimum absolute atomic E-state index is 1.05. The van der Waals surface area contributed by atoms with Crippen LogP contribution in [-0.2, 0) is 6.42 Å². The second-order valence-corrected chi connectivity index (χ2v) is 8.36. The lowest BCUT2D eigenvalue weighted by Gasteiger charge is -2.14. The van der Waals surface area contributed by atoms with Crippen molar-refractivity contribution < 1.29 is 4.74 Å². The molecule has 0 saturated heterocycles. The zero-order chi connectivity index (χ0) is 20.6. The standard InChI is InChI=1S/C28H42O/c1-3-4-5-6-7-8-9-10-11-12-13-14-16-22-26-23-19-24-27(28(26)29-2)25-20-17-15-18-21-25/h15,17-21,23-24H,3-14,16,22H2,1-2H3. The number of ether oxygens (including phenoxy) is 1. The van der Waals surface area contributed by atoms with E-state index in [0.717, 1.165) is 12.2 Å². The molecule has 0 unspecified atom stereocenters. The molecule has 0 aliphatic carbocycles. The van der Waals surface area contributed by atoms with Crippen LogP contribution in [0.5, 0.6) is 5.75 Å². The number of aryl methyl sites for hydroxylation is 1. The number of rotatable bonds is 16. The molecule has 160 valence electrons. The summed E-state index contributed by atoms with van der Waals surface area (Å²) in [6.45, 7) is 2.29. The quantitative estimate of drug-likeness (QED) is 0.258. The first-order chi connectivity index (χ1) is 14.4. The average Bonchev–Trinajstić information content (AvgIpc) is 2.77. The van der Waals surface area contributed by atoms with E-state index in [1.165, 1.54) is 100 Å². The highest BCUT2D eigenvalue weighted by atomic mass is 16.5. The largest absolute Gasteiger partial charge is 0.496 e. The molecule has 1 nitrogen and oxygen atoms in total. The summed E-state index contributed by atoms with van der Waals surface area (Å²) in [5, 5.41) is 0. The summed E-state index contributed by atoms with van der Waals surface area (Å²) in [4.78, 5) is 0. The Labute approximate surface area is 179 Å². The van der Waals surface area contributed by atoms with Crippen molar-refractivity contribution >= 4 is 0 Å². The number of para-hydroxylation sites is 1. The van der Waals surface area contributed by atoms with Crippen LogP contribution in [-0.4, -0.2) is 7.11 Å². The van der Waals surface area contributed by atoms with Gasteiger partial charge >= 0.3 is 0 Å². The molecule has 2 aromatic carbocycles. The van der Waals surface area contributed by atoms with Crippen LogP contribution in [0.3, 0.4) is 0 Å². The third kappa shape index (κ3) is 9.07. The zero-order valence-electron chi connectivity index (χ0n) is 18.9. The minimum Gasteiger partial charge on any atom is -0.496 e. The maximum Gasteiger partial charge on any atom is 0.129 e. The summed E-state index contributed by atoms with van der Waals surface area (Å²) >= 11 is 0. The lowest BCUT2D eigenvalue weighted by atomic mass is 9.98. The molecular weight excluding hydrogens is 352 g/mol. The van der Waals surface area contributed by atoms with Crippen molar-refractivity contribution in [2.45, 2.75) is 96.8 Å². The van der Waals surface area contributed by atoms with E-state index in [-0.39, 0.29) is 0 Å². The highest BCUT2D eigenvalue weighted by molar-refractivity contribution is 5.72. The molecule has 0 atom stereocenters. The molecule has 0 aromatic heterocycles. The van der Waals surface area contributed by atoms with E-state index >= 15 is 0 Å². The van der Waals surface area contributed by atoms with Crippen LogP contribution in [0.4, 0.5) is 0 Å². The lowest BCUT2D eigenvalue weighted by molar-refractivity contribution is 0.410. The van der Waals surface area contributed by atoms with E-state index < -0.39 is 0 Å². The van der Waals surface area contributed by atoms with Crippen LogP contribution in [0.2, 0.25) is 0 Å². The summed E-state index contributed by atoms with van der Waals surface area (Å²) in [7, 11) is 1.80. The Bertz CT molecular complexity index is 647. The first-order valence-electron chi connectivity index (χ1n) is 12.1. The Morgan fingerprint density at radius 3 is 1.69 bits per heavy atom. The Balaban J connectivity index is 1.60. The SMILES string of the molecule is CCCCCCCCCCCCCCCc1cccc(-c2ccccc2)c1OC. The van der Waals surface area contributed by atoms with E-state index in [1.54, 1.807) is 7.11 Å². The molecule has 2 aromatic rings. The third-order valence-corrected chi connectivity index (χ3v) is 5.94. The topological polar surface area (TPSA) is 9.23 Å². The third-order valence-electron chi connectivity index (χ3n) is 5.94. The van der Waals surface area contributed by atoms with Crippen LogP contribution in [0.1, 0.15) is 96.0 Å². The molecule has 0 amide bonds.